The Labute approximate surface area is 247 Å². The molecule has 5 N–H and O–H groups in total. The highest BCUT2D eigenvalue weighted by molar-refractivity contribution is 6.41. The molecule has 0 radical (unpaired) electrons. The summed E-state index contributed by atoms with van der Waals surface area (Å²) in [5.74, 6) is 0.346. The zero-order valence-electron chi connectivity index (χ0n) is 23.2. The van der Waals surface area contributed by atoms with Crippen molar-refractivity contribution in [1.29, 1.82) is 0 Å². The summed E-state index contributed by atoms with van der Waals surface area (Å²) in [6.07, 6.45) is 3.15. The molecule has 14 heteroatoms. The third-order valence-corrected chi connectivity index (χ3v) is 6.81. The molecule has 0 saturated heterocycles. The number of nitrogens with one attached hydrogen (secondary N) is 3. The predicted molar refractivity (Wildman–Crippen MR) is 158 cm³/mol. The smallest absolute Gasteiger partial charge is 0.260 e. The molecule has 3 aromatic rings. The molecule has 0 aliphatic carbocycles. The van der Waals surface area contributed by atoms with Gasteiger partial charge in [0, 0.05) is 36.6 Å². The van der Waals surface area contributed by atoms with Gasteiger partial charge in [-0.2, -0.15) is 4.98 Å². The van der Waals surface area contributed by atoms with Gasteiger partial charge in [0.15, 0.2) is 17.3 Å². The van der Waals surface area contributed by atoms with Crippen molar-refractivity contribution in [3.8, 4) is 17.2 Å². The number of nitrogens with zero attached hydrogens (tertiary/aromatic N) is 3. The molecular formula is C27H31Cl2N7O5. The van der Waals surface area contributed by atoms with Gasteiger partial charge in [-0.25, -0.2) is 4.98 Å². The zero-order chi connectivity index (χ0) is 29.8. The van der Waals surface area contributed by atoms with Crippen LogP contribution in [-0.2, 0) is 11.3 Å². The molecule has 0 fully saturated rings. The number of nitrogens with two attached hydrogens (primary N) is 1. The van der Waals surface area contributed by atoms with E-state index in [0.29, 0.717) is 53.0 Å². The number of carbonyl (C=O) groups excluding carboxylic acids is 2. The Balaban J connectivity index is 1.68. The second-order valence-corrected chi connectivity index (χ2v) is 10.1. The second kappa shape index (κ2) is 12.7. The van der Waals surface area contributed by atoms with Crippen molar-refractivity contribution in [2.24, 2.45) is 0 Å². The Morgan fingerprint density at radius 1 is 1.10 bits per heavy atom. The molecule has 0 bridgehead atoms. The molecule has 0 saturated carbocycles. The fraction of sp³-hybridized carbons (Fsp3) is 0.333. The first-order valence-corrected chi connectivity index (χ1v) is 13.4. The van der Waals surface area contributed by atoms with Crippen LogP contribution in [0.15, 0.2) is 18.3 Å². The molecule has 1 aliphatic heterocycles. The molecule has 12 nitrogen and oxygen atoms in total. The van der Waals surface area contributed by atoms with Gasteiger partial charge in [0.05, 0.1) is 49.6 Å². The van der Waals surface area contributed by atoms with Crippen molar-refractivity contribution in [1.82, 2.24) is 25.6 Å². The second-order valence-electron chi connectivity index (χ2n) is 9.35. The van der Waals surface area contributed by atoms with Gasteiger partial charge < -0.3 is 35.6 Å². The van der Waals surface area contributed by atoms with Crippen LogP contribution in [-0.4, -0.2) is 67.2 Å². The van der Waals surface area contributed by atoms with Crippen LogP contribution < -0.4 is 35.5 Å². The molecule has 218 valence electrons. The van der Waals surface area contributed by atoms with E-state index < -0.39 is 5.91 Å². The lowest BCUT2D eigenvalue weighted by Crippen LogP contribution is -2.34. The van der Waals surface area contributed by atoms with E-state index in [1.165, 1.54) is 26.2 Å². The summed E-state index contributed by atoms with van der Waals surface area (Å²) in [4.78, 5) is 39.2. The molecule has 0 unspecified atom stereocenters. The normalized spacial score (nSPS) is 13.6. The van der Waals surface area contributed by atoms with E-state index in [9.17, 15) is 9.59 Å². The van der Waals surface area contributed by atoms with E-state index >= 15 is 0 Å². The van der Waals surface area contributed by atoms with Crippen LogP contribution in [0.2, 0.25) is 10.2 Å². The van der Waals surface area contributed by atoms with Gasteiger partial charge in [-0.1, -0.05) is 37.0 Å². The van der Waals surface area contributed by atoms with Crippen LogP contribution in [0, 0.1) is 0 Å². The van der Waals surface area contributed by atoms with Crippen LogP contribution in [0.5, 0.6) is 17.2 Å². The number of nitrogen functional groups attached to an aromatic ring is 1. The molecule has 0 spiro atoms. The summed E-state index contributed by atoms with van der Waals surface area (Å²) in [5.41, 5.74) is 7.85. The number of hydrogen-bond acceptors (Lipinski definition) is 9. The molecule has 1 aromatic carbocycles. The number of anilines is 2. The lowest BCUT2D eigenvalue weighted by atomic mass is 10.1. The number of hydrogen-bond donors (Lipinski definition) is 4. The Morgan fingerprint density at radius 3 is 2.46 bits per heavy atom. The van der Waals surface area contributed by atoms with Crippen molar-refractivity contribution < 1.29 is 23.8 Å². The first-order valence-electron chi connectivity index (χ1n) is 12.6. The minimum absolute atomic E-state index is 0.00841. The number of aromatic nitrogens is 3. The highest BCUT2D eigenvalue weighted by Gasteiger charge is 2.38. The average molecular weight is 604 g/mol. The third kappa shape index (κ3) is 6.19. The van der Waals surface area contributed by atoms with Gasteiger partial charge in [-0.05, 0) is 18.2 Å². The van der Waals surface area contributed by atoms with Crippen LogP contribution in [0.1, 0.15) is 41.0 Å². The first-order chi connectivity index (χ1) is 19.6. The molecule has 0 atom stereocenters. The predicted octanol–water partition coefficient (Wildman–Crippen LogP) is 3.53. The molecule has 1 aliphatic rings. The minimum atomic E-state index is -0.421. The van der Waals surface area contributed by atoms with E-state index in [4.69, 9.17) is 43.1 Å². The summed E-state index contributed by atoms with van der Waals surface area (Å²) in [6.45, 7) is 5.16. The van der Waals surface area contributed by atoms with Crippen molar-refractivity contribution in [2.75, 3.05) is 45.1 Å². The molecule has 2 aromatic heterocycles. The number of H-pyrrole nitrogens is 1. The van der Waals surface area contributed by atoms with Gasteiger partial charge in [0.25, 0.3) is 11.8 Å². The number of aromatic amines is 1. The SMILES string of the molecule is COc1c(Cl)cc(CN2C(=O)/C(=C\c3cc(C(=O)NCCNC(C)C)c[nH]3)c3c(Cl)nc(N)nc32)c(OC)c1OC. The van der Waals surface area contributed by atoms with Crippen LogP contribution in [0.25, 0.3) is 11.6 Å². The fourth-order valence-electron chi connectivity index (χ4n) is 4.44. The number of benzene rings is 1. The summed E-state index contributed by atoms with van der Waals surface area (Å²) >= 11 is 12.9. The Kier molecular flexibility index (Phi) is 9.26. The quantitative estimate of drug-likeness (QED) is 0.146. The van der Waals surface area contributed by atoms with E-state index in [0.717, 1.165) is 0 Å². The van der Waals surface area contributed by atoms with E-state index in [-0.39, 0.29) is 45.7 Å². The van der Waals surface area contributed by atoms with Crippen molar-refractivity contribution >= 4 is 58.4 Å². The largest absolute Gasteiger partial charge is 0.492 e. The first kappa shape index (κ1) is 30.0. The van der Waals surface area contributed by atoms with Crippen LogP contribution in [0.4, 0.5) is 11.8 Å². The summed E-state index contributed by atoms with van der Waals surface area (Å²) in [6, 6.07) is 3.58. The average Bonchev–Trinajstić information content (AvgIpc) is 3.49. The monoisotopic (exact) mass is 603 g/mol. The summed E-state index contributed by atoms with van der Waals surface area (Å²) in [7, 11) is 4.39. The zero-order valence-corrected chi connectivity index (χ0v) is 24.7. The third-order valence-electron chi connectivity index (χ3n) is 6.26. The highest BCUT2D eigenvalue weighted by Crippen LogP contribution is 2.47. The maximum atomic E-state index is 13.8. The van der Waals surface area contributed by atoms with Gasteiger partial charge in [0.2, 0.25) is 11.7 Å². The van der Waals surface area contributed by atoms with E-state index in [1.807, 2.05) is 13.8 Å². The lowest BCUT2D eigenvalue weighted by Gasteiger charge is -2.21. The summed E-state index contributed by atoms with van der Waals surface area (Å²) < 4.78 is 16.4. The highest BCUT2D eigenvalue weighted by atomic mass is 35.5. The van der Waals surface area contributed by atoms with Gasteiger partial charge >= 0.3 is 0 Å². The Bertz CT molecular complexity index is 1510. The number of ether oxygens (including phenoxy) is 3. The van der Waals surface area contributed by atoms with Crippen LogP contribution in [0.3, 0.4) is 0 Å². The summed E-state index contributed by atoms with van der Waals surface area (Å²) in [5, 5.41) is 6.36. The van der Waals surface area contributed by atoms with Crippen LogP contribution >= 0.6 is 23.2 Å². The number of rotatable bonds is 11. The number of carbonyl (C=O) groups is 2. The Morgan fingerprint density at radius 2 is 1.80 bits per heavy atom. The molecule has 3 heterocycles. The van der Waals surface area contributed by atoms with E-state index in [2.05, 4.69) is 25.6 Å². The maximum Gasteiger partial charge on any atom is 0.260 e. The lowest BCUT2D eigenvalue weighted by molar-refractivity contribution is -0.113. The molecule has 4 rings (SSSR count). The fourth-order valence-corrected chi connectivity index (χ4v) is 5.01. The molecular weight excluding hydrogens is 573 g/mol. The van der Waals surface area contributed by atoms with Gasteiger partial charge in [-0.3, -0.25) is 14.5 Å². The topological polar surface area (TPSA) is 157 Å². The van der Waals surface area contributed by atoms with E-state index in [1.54, 1.807) is 24.4 Å². The van der Waals surface area contributed by atoms with Gasteiger partial charge in [-0.15, -0.1) is 0 Å². The Hall–Kier alpha value is -4.00. The number of fused-ring (bicyclic) bond motifs is 1. The van der Waals surface area contributed by atoms with Gasteiger partial charge in [0.1, 0.15) is 5.15 Å². The molecule has 41 heavy (non-hydrogen) atoms. The van der Waals surface area contributed by atoms with Crippen molar-refractivity contribution in [3.63, 3.8) is 0 Å². The maximum absolute atomic E-state index is 13.8. The van der Waals surface area contributed by atoms with Crippen molar-refractivity contribution in [2.45, 2.75) is 26.4 Å². The standard InChI is InChI=1S/C27H31Cl2N7O5/c1-13(2)31-6-7-32-25(37)14-8-16(33-11-14)10-17-19-23(29)34-27(30)35-24(19)36(26(17)38)12-15-9-18(28)21(40-4)22(41-5)20(15)39-3/h8-11,13,31,33H,6-7,12H2,1-5H3,(H,32,37)(H2,30,34,35)/b17-10-. The number of amides is 2. The number of halogens is 2. The molecule has 2 amide bonds. The van der Waals surface area contributed by atoms with Crippen molar-refractivity contribution in [3.05, 3.63) is 50.9 Å². The number of methoxy groups -OCH3 is 3. The minimum Gasteiger partial charge on any atom is -0.492 e.